The van der Waals surface area contributed by atoms with Gasteiger partial charge >= 0.3 is 12.7 Å². The van der Waals surface area contributed by atoms with E-state index < -0.39 is 12.7 Å². The van der Waals surface area contributed by atoms with E-state index in [4.69, 9.17) is 9.39 Å². The van der Waals surface area contributed by atoms with Crippen molar-refractivity contribution in [3.63, 3.8) is 0 Å². The number of carboxylic acids is 1. The highest BCUT2D eigenvalue weighted by Crippen LogP contribution is 2.38. The average Bonchev–Trinajstić information content (AvgIpc) is 3.09. The third kappa shape index (κ3) is 4.52. The van der Waals surface area contributed by atoms with Crippen molar-refractivity contribution in [3.8, 4) is 11.5 Å². The summed E-state index contributed by atoms with van der Waals surface area (Å²) in [4.78, 5) is 30.2. The monoisotopic (exact) mass is 430 g/mol. The number of imidazole rings is 1. The van der Waals surface area contributed by atoms with Gasteiger partial charge in [0.25, 0.3) is 0 Å². The lowest BCUT2D eigenvalue weighted by Crippen LogP contribution is -2.57. The van der Waals surface area contributed by atoms with Crippen LogP contribution in [0.15, 0.2) is 24.7 Å². The minimum Gasteiger partial charge on any atom is -0.669 e. The van der Waals surface area contributed by atoms with Crippen molar-refractivity contribution in [2.75, 3.05) is 13.1 Å². The van der Waals surface area contributed by atoms with Crippen molar-refractivity contribution in [2.24, 2.45) is 0 Å². The van der Waals surface area contributed by atoms with E-state index in [1.807, 2.05) is 6.20 Å². The largest absolute Gasteiger partial charge is 0.669 e. The number of likely N-dealkylation sites (tertiary alicyclic amines) is 1. The summed E-state index contributed by atoms with van der Waals surface area (Å²) >= 11 is 0. The quantitative estimate of drug-likeness (QED) is 0.546. The van der Waals surface area contributed by atoms with Crippen molar-refractivity contribution < 1.29 is 34.1 Å². The Morgan fingerprint density at radius 2 is 2.10 bits per heavy atom. The van der Waals surface area contributed by atoms with E-state index in [1.54, 1.807) is 27.9 Å². The Morgan fingerprint density at radius 1 is 1.32 bits per heavy atom. The van der Waals surface area contributed by atoms with E-state index in [0.717, 1.165) is 18.5 Å². The molecule has 1 fully saturated rings. The highest BCUT2D eigenvalue weighted by atomic mass is 16.6. The molecule has 166 valence electrons. The summed E-state index contributed by atoms with van der Waals surface area (Å²) in [6.07, 6.45) is 5.30. The predicted octanol–water partition coefficient (Wildman–Crippen LogP) is 0.682. The molecule has 11 heteroatoms. The molecule has 0 spiro atoms. The van der Waals surface area contributed by atoms with Gasteiger partial charge in [0.05, 0.1) is 30.9 Å². The molecule has 1 aromatic carbocycles. The maximum Gasteiger partial charge on any atom is 0.430 e. The molecule has 2 aromatic rings. The fourth-order valence-electron chi connectivity index (χ4n) is 3.86. The number of aryl methyl sites for hydroxylation is 2. The highest BCUT2D eigenvalue weighted by Gasteiger charge is 2.36. The highest BCUT2D eigenvalue weighted by molar-refractivity contribution is 6.59. The summed E-state index contributed by atoms with van der Waals surface area (Å²) in [6.45, 7) is -0.170. The molecular weight excluding hydrogens is 405 g/mol. The van der Waals surface area contributed by atoms with Crippen LogP contribution in [0.5, 0.6) is 11.5 Å². The second kappa shape index (κ2) is 8.24. The first-order valence-electron chi connectivity index (χ1n) is 10.4. The number of ether oxygens (including phenoxy) is 1. The van der Waals surface area contributed by atoms with Crippen LogP contribution in [0.4, 0.5) is 0 Å². The first kappa shape index (κ1) is 21.2. The van der Waals surface area contributed by atoms with Crippen LogP contribution in [0.2, 0.25) is 6.32 Å². The molecule has 31 heavy (non-hydrogen) atoms. The lowest BCUT2D eigenvalue weighted by atomic mass is 9.70. The molecule has 0 atom stereocenters. The van der Waals surface area contributed by atoms with Gasteiger partial charge in [-0.15, -0.1) is 0 Å². The lowest BCUT2D eigenvalue weighted by Gasteiger charge is -2.40. The van der Waals surface area contributed by atoms with Crippen LogP contribution in [0.3, 0.4) is 0 Å². The summed E-state index contributed by atoms with van der Waals surface area (Å²) in [7, 11) is 0. The smallest absolute Gasteiger partial charge is 0.430 e. The number of carbonyl (C=O) groups excluding carboxylic acids is 1. The van der Waals surface area contributed by atoms with E-state index in [1.165, 1.54) is 0 Å². The van der Waals surface area contributed by atoms with Crippen LogP contribution in [-0.4, -0.2) is 67.4 Å². The molecule has 0 unspecified atom stereocenters. The molecule has 3 N–H and O–H groups in total. The SMILES string of the molecule is CCCc1cn(CC(=O)N2CC(Oc3ccc4c(c3C(=O)O)O[B-](O)(O)CC4)C2)cn1. The van der Waals surface area contributed by atoms with Gasteiger partial charge in [-0.2, -0.15) is 0 Å². The Hall–Kier alpha value is -3.05. The number of carboxylic acid groups (broad SMARTS) is 1. The number of hydrogen-bond acceptors (Lipinski definition) is 7. The zero-order valence-electron chi connectivity index (χ0n) is 17.2. The van der Waals surface area contributed by atoms with Gasteiger partial charge < -0.3 is 34.0 Å². The molecule has 0 saturated carbocycles. The lowest BCUT2D eigenvalue weighted by molar-refractivity contribution is -0.140. The van der Waals surface area contributed by atoms with Gasteiger partial charge in [0.2, 0.25) is 5.91 Å². The average molecular weight is 430 g/mol. The molecule has 0 bridgehead atoms. The van der Waals surface area contributed by atoms with E-state index >= 15 is 0 Å². The minimum absolute atomic E-state index is 0.00279. The number of aromatic carboxylic acids is 1. The van der Waals surface area contributed by atoms with Crippen LogP contribution >= 0.6 is 0 Å². The maximum absolute atomic E-state index is 12.5. The number of nitrogens with zero attached hydrogens (tertiary/aromatic N) is 3. The van der Waals surface area contributed by atoms with E-state index in [2.05, 4.69) is 11.9 Å². The predicted molar refractivity (Wildman–Crippen MR) is 110 cm³/mol. The van der Waals surface area contributed by atoms with Crippen LogP contribution in [0, 0.1) is 0 Å². The molecule has 1 aromatic heterocycles. The van der Waals surface area contributed by atoms with Crippen molar-refractivity contribution in [2.45, 2.75) is 45.2 Å². The molecule has 2 aliphatic rings. The number of benzene rings is 1. The molecule has 1 saturated heterocycles. The fourth-order valence-corrected chi connectivity index (χ4v) is 3.86. The van der Waals surface area contributed by atoms with Crippen molar-refractivity contribution >= 4 is 18.6 Å². The maximum atomic E-state index is 12.5. The van der Waals surface area contributed by atoms with Crippen molar-refractivity contribution in [1.29, 1.82) is 0 Å². The molecule has 3 heterocycles. The summed E-state index contributed by atoms with van der Waals surface area (Å²) in [5.74, 6) is -1.34. The van der Waals surface area contributed by atoms with E-state index in [-0.39, 0.29) is 41.9 Å². The minimum atomic E-state index is -3.09. The summed E-state index contributed by atoms with van der Waals surface area (Å²) in [6, 6.07) is 3.21. The molecule has 2 aliphatic heterocycles. The van der Waals surface area contributed by atoms with Crippen LogP contribution in [-0.2, 0) is 24.2 Å². The number of rotatable bonds is 7. The first-order valence-corrected chi connectivity index (χ1v) is 10.4. The third-order valence-electron chi connectivity index (χ3n) is 5.52. The normalized spacial score (nSPS) is 17.5. The number of hydrogen-bond donors (Lipinski definition) is 3. The number of fused-ring (bicyclic) bond motifs is 1. The Morgan fingerprint density at radius 3 is 2.81 bits per heavy atom. The van der Waals surface area contributed by atoms with Gasteiger partial charge in [0.15, 0.2) is 0 Å². The number of carbonyl (C=O) groups is 2. The zero-order chi connectivity index (χ0) is 22.2. The van der Waals surface area contributed by atoms with Gasteiger partial charge in [-0.3, -0.25) is 4.79 Å². The third-order valence-corrected chi connectivity index (χ3v) is 5.52. The summed E-state index contributed by atoms with van der Waals surface area (Å²) in [5, 5.41) is 29.3. The van der Waals surface area contributed by atoms with Crippen molar-refractivity contribution in [3.05, 3.63) is 41.5 Å². The molecule has 10 nitrogen and oxygen atoms in total. The van der Waals surface area contributed by atoms with E-state index in [9.17, 15) is 24.7 Å². The second-order valence-electron chi connectivity index (χ2n) is 8.07. The fraction of sp³-hybridized carbons (Fsp3) is 0.450. The van der Waals surface area contributed by atoms with Crippen LogP contribution in [0.1, 0.15) is 35.0 Å². The van der Waals surface area contributed by atoms with Crippen LogP contribution in [0.25, 0.3) is 0 Å². The standard InChI is InChI=1S/C20H25BN3O7/c1-2-3-14-8-23(12-22-14)11-17(25)24-9-15(10-24)30-16-5-4-13-6-7-21(28,29)31-19(13)18(16)20(26)27/h4-5,8,12,15,28-29H,2-3,6-7,9-11H2,1H3,(H,26,27)/q-1. The Labute approximate surface area is 179 Å². The molecule has 0 radical (unpaired) electrons. The van der Waals surface area contributed by atoms with Gasteiger partial charge in [0, 0.05) is 6.20 Å². The van der Waals surface area contributed by atoms with E-state index in [0.29, 0.717) is 25.1 Å². The number of amides is 1. The molecule has 0 aliphatic carbocycles. The topological polar surface area (TPSA) is 134 Å². The Kier molecular flexibility index (Phi) is 5.63. The zero-order valence-corrected chi connectivity index (χ0v) is 17.2. The van der Waals surface area contributed by atoms with Gasteiger partial charge in [-0.25, -0.2) is 9.78 Å². The van der Waals surface area contributed by atoms with Gasteiger partial charge in [-0.1, -0.05) is 25.7 Å². The van der Waals surface area contributed by atoms with Gasteiger partial charge in [-0.05, 0) is 24.5 Å². The number of aromatic nitrogens is 2. The summed E-state index contributed by atoms with van der Waals surface area (Å²) in [5.41, 5.74) is 1.30. The van der Waals surface area contributed by atoms with Gasteiger partial charge in [0.1, 0.15) is 24.0 Å². The second-order valence-corrected chi connectivity index (χ2v) is 8.07. The van der Waals surface area contributed by atoms with Crippen LogP contribution < -0.4 is 9.39 Å². The first-order chi connectivity index (χ1) is 14.8. The molecule has 1 amide bonds. The Balaban J connectivity index is 1.39. The van der Waals surface area contributed by atoms with Crippen molar-refractivity contribution in [1.82, 2.24) is 14.5 Å². The molecular formula is C20H25BN3O7-. The summed E-state index contributed by atoms with van der Waals surface area (Å²) < 4.78 is 12.7. The Bertz CT molecular complexity index is 1000. The molecule has 4 rings (SSSR count).